The number of hydrogen-bond acceptors (Lipinski definition) is 6. The quantitative estimate of drug-likeness (QED) is 0.678. The van der Waals surface area contributed by atoms with E-state index in [9.17, 15) is 9.90 Å². The second-order valence-electron chi connectivity index (χ2n) is 7.12. The van der Waals surface area contributed by atoms with Crippen LogP contribution in [0.2, 0.25) is 0 Å². The molecule has 1 aromatic carbocycles. The molecule has 3 aromatic rings. The summed E-state index contributed by atoms with van der Waals surface area (Å²) in [6.45, 7) is 5.26. The van der Waals surface area contributed by atoms with Gasteiger partial charge in [0.15, 0.2) is 5.82 Å². The van der Waals surface area contributed by atoms with Gasteiger partial charge in [0.1, 0.15) is 17.4 Å². The molecule has 0 spiro atoms. The van der Waals surface area contributed by atoms with Crippen LogP contribution in [-0.2, 0) is 17.7 Å². The zero-order chi connectivity index (χ0) is 19.8. The van der Waals surface area contributed by atoms with Gasteiger partial charge in [-0.1, -0.05) is 13.8 Å². The predicted molar refractivity (Wildman–Crippen MR) is 108 cm³/mol. The SMILES string of the molecule is CCCc1nc2c(N)nc3cc(N4CC(CO)OC4=O)ccc3c2n1CCC. The van der Waals surface area contributed by atoms with E-state index in [1.54, 1.807) is 0 Å². The van der Waals surface area contributed by atoms with E-state index in [2.05, 4.69) is 23.4 Å². The van der Waals surface area contributed by atoms with E-state index in [4.69, 9.17) is 15.5 Å². The zero-order valence-electron chi connectivity index (χ0n) is 16.2. The summed E-state index contributed by atoms with van der Waals surface area (Å²) in [6, 6.07) is 5.68. The third-order valence-electron chi connectivity index (χ3n) is 5.08. The van der Waals surface area contributed by atoms with Crippen molar-refractivity contribution >= 4 is 39.5 Å². The first kappa shape index (κ1) is 18.5. The summed E-state index contributed by atoms with van der Waals surface area (Å²) in [5.74, 6) is 1.42. The van der Waals surface area contributed by atoms with Gasteiger partial charge in [-0.15, -0.1) is 0 Å². The first-order chi connectivity index (χ1) is 13.6. The number of aryl methyl sites for hydroxylation is 2. The molecule has 1 saturated heterocycles. The minimum atomic E-state index is -0.508. The van der Waals surface area contributed by atoms with Gasteiger partial charge in [-0.25, -0.2) is 14.8 Å². The van der Waals surface area contributed by atoms with Crippen LogP contribution in [0.4, 0.5) is 16.3 Å². The van der Waals surface area contributed by atoms with Gasteiger partial charge in [0.2, 0.25) is 0 Å². The van der Waals surface area contributed by atoms with Crippen LogP contribution in [0.3, 0.4) is 0 Å². The highest BCUT2D eigenvalue weighted by molar-refractivity contribution is 6.08. The van der Waals surface area contributed by atoms with E-state index in [1.807, 2.05) is 18.2 Å². The van der Waals surface area contributed by atoms with Gasteiger partial charge >= 0.3 is 6.09 Å². The topological polar surface area (TPSA) is 106 Å². The molecule has 2 aromatic heterocycles. The number of amides is 1. The number of benzene rings is 1. The molecule has 3 N–H and O–H groups in total. The van der Waals surface area contributed by atoms with Gasteiger partial charge in [0.25, 0.3) is 0 Å². The molecule has 1 aliphatic heterocycles. The molecule has 0 bridgehead atoms. The Kier molecular flexibility index (Phi) is 4.80. The van der Waals surface area contributed by atoms with Crippen LogP contribution in [0, 0.1) is 0 Å². The van der Waals surface area contributed by atoms with Crippen LogP contribution >= 0.6 is 0 Å². The Morgan fingerprint density at radius 1 is 1.29 bits per heavy atom. The lowest BCUT2D eigenvalue weighted by molar-refractivity contribution is 0.0963. The number of aliphatic hydroxyl groups is 1. The Hall–Kier alpha value is -2.87. The third-order valence-corrected chi connectivity index (χ3v) is 5.08. The summed E-state index contributed by atoms with van der Waals surface area (Å²) >= 11 is 0. The Morgan fingerprint density at radius 2 is 2.11 bits per heavy atom. The summed E-state index contributed by atoms with van der Waals surface area (Å²) in [4.78, 5) is 22.9. The van der Waals surface area contributed by atoms with Crippen molar-refractivity contribution in [3.05, 3.63) is 24.0 Å². The fourth-order valence-electron chi connectivity index (χ4n) is 3.82. The number of nitrogens with two attached hydrogens (primary N) is 1. The number of anilines is 2. The van der Waals surface area contributed by atoms with Crippen molar-refractivity contribution in [1.82, 2.24) is 14.5 Å². The fourth-order valence-corrected chi connectivity index (χ4v) is 3.82. The maximum Gasteiger partial charge on any atom is 0.414 e. The molecule has 1 aliphatic rings. The van der Waals surface area contributed by atoms with Crippen LogP contribution in [-0.4, -0.2) is 45.0 Å². The monoisotopic (exact) mass is 383 g/mol. The number of pyridine rings is 1. The molecule has 0 saturated carbocycles. The molecular formula is C20H25N5O3. The molecule has 1 unspecified atom stereocenters. The summed E-state index contributed by atoms with van der Waals surface area (Å²) in [5.41, 5.74) is 9.36. The first-order valence-corrected chi connectivity index (χ1v) is 9.74. The number of nitrogen functional groups attached to an aromatic ring is 1. The maximum atomic E-state index is 12.1. The largest absolute Gasteiger partial charge is 0.441 e. The number of carbonyl (C=O) groups is 1. The Labute approximate surface area is 162 Å². The van der Waals surface area contributed by atoms with Gasteiger partial charge in [0, 0.05) is 24.0 Å². The van der Waals surface area contributed by atoms with E-state index in [1.165, 1.54) is 4.90 Å². The third kappa shape index (κ3) is 2.93. The smallest absolute Gasteiger partial charge is 0.414 e. The van der Waals surface area contributed by atoms with Crippen LogP contribution < -0.4 is 10.6 Å². The zero-order valence-corrected chi connectivity index (χ0v) is 16.2. The lowest BCUT2D eigenvalue weighted by Crippen LogP contribution is -2.25. The fraction of sp³-hybridized carbons (Fsp3) is 0.450. The second-order valence-corrected chi connectivity index (χ2v) is 7.12. The number of nitrogens with zero attached hydrogens (tertiary/aromatic N) is 4. The Balaban J connectivity index is 1.88. The van der Waals surface area contributed by atoms with E-state index < -0.39 is 12.2 Å². The number of aromatic nitrogens is 3. The van der Waals surface area contributed by atoms with Gasteiger partial charge in [0.05, 0.1) is 24.2 Å². The van der Waals surface area contributed by atoms with E-state index in [-0.39, 0.29) is 6.61 Å². The molecule has 28 heavy (non-hydrogen) atoms. The van der Waals surface area contributed by atoms with Crippen molar-refractivity contribution in [2.75, 3.05) is 23.8 Å². The van der Waals surface area contributed by atoms with E-state index in [0.717, 1.165) is 48.1 Å². The summed E-state index contributed by atoms with van der Waals surface area (Å²) in [7, 11) is 0. The van der Waals surface area contributed by atoms with Crippen molar-refractivity contribution < 1.29 is 14.6 Å². The number of cyclic esters (lactones) is 1. The molecule has 1 atom stereocenters. The average molecular weight is 383 g/mol. The van der Waals surface area contributed by atoms with Crippen molar-refractivity contribution in [2.24, 2.45) is 0 Å². The maximum absolute atomic E-state index is 12.1. The number of rotatable bonds is 6. The number of carbonyl (C=O) groups excluding carboxylic acids is 1. The van der Waals surface area contributed by atoms with Crippen LogP contribution in [0.15, 0.2) is 18.2 Å². The minimum Gasteiger partial charge on any atom is -0.441 e. The highest BCUT2D eigenvalue weighted by Gasteiger charge is 2.32. The number of hydrogen-bond donors (Lipinski definition) is 2. The molecule has 148 valence electrons. The number of fused-ring (bicyclic) bond motifs is 3. The van der Waals surface area contributed by atoms with Crippen molar-refractivity contribution in [3.63, 3.8) is 0 Å². The lowest BCUT2D eigenvalue weighted by atomic mass is 10.1. The van der Waals surface area contributed by atoms with E-state index >= 15 is 0 Å². The van der Waals surface area contributed by atoms with Gasteiger partial charge < -0.3 is 20.1 Å². The predicted octanol–water partition coefficient (Wildman–Crippen LogP) is 2.85. The highest BCUT2D eigenvalue weighted by atomic mass is 16.6. The van der Waals surface area contributed by atoms with E-state index in [0.29, 0.717) is 23.6 Å². The summed E-state index contributed by atoms with van der Waals surface area (Å²) < 4.78 is 7.38. The molecule has 0 radical (unpaired) electrons. The molecular weight excluding hydrogens is 358 g/mol. The Bertz CT molecular complexity index is 1050. The van der Waals surface area contributed by atoms with Gasteiger partial charge in [-0.3, -0.25) is 4.90 Å². The second kappa shape index (κ2) is 7.27. The van der Waals surface area contributed by atoms with Crippen LogP contribution in [0.25, 0.3) is 21.9 Å². The molecule has 0 aliphatic carbocycles. The number of ether oxygens (including phenoxy) is 1. The lowest BCUT2D eigenvalue weighted by Gasteiger charge is -2.14. The van der Waals surface area contributed by atoms with Crippen LogP contribution in [0.1, 0.15) is 32.5 Å². The first-order valence-electron chi connectivity index (χ1n) is 9.74. The van der Waals surface area contributed by atoms with Crippen molar-refractivity contribution in [3.8, 4) is 0 Å². The highest BCUT2D eigenvalue weighted by Crippen LogP contribution is 2.32. The molecule has 4 rings (SSSR count). The normalized spacial score (nSPS) is 17.0. The molecule has 1 amide bonds. The Morgan fingerprint density at radius 3 is 2.79 bits per heavy atom. The summed E-state index contributed by atoms with van der Waals surface area (Å²) in [6.07, 6.45) is 1.91. The van der Waals surface area contributed by atoms with Crippen LogP contribution in [0.5, 0.6) is 0 Å². The molecule has 3 heterocycles. The standard InChI is InChI=1S/C20H25N5O3/c1-3-5-16-23-17-18(24(16)8-4-2)14-7-6-12(9-15(14)22-19(17)21)25-10-13(11-26)28-20(25)27/h6-7,9,13,26H,3-5,8,10-11H2,1-2H3,(H2,21,22). The van der Waals surface area contributed by atoms with Crippen molar-refractivity contribution in [2.45, 2.75) is 45.8 Å². The molecule has 8 nitrogen and oxygen atoms in total. The molecule has 1 fully saturated rings. The van der Waals surface area contributed by atoms with Gasteiger partial charge in [-0.05, 0) is 31.0 Å². The summed E-state index contributed by atoms with van der Waals surface area (Å²) in [5, 5.41) is 10.2. The number of aliphatic hydroxyl groups excluding tert-OH is 1. The minimum absolute atomic E-state index is 0.196. The average Bonchev–Trinajstić information content (AvgIpc) is 3.24. The van der Waals surface area contributed by atoms with Gasteiger partial charge in [-0.2, -0.15) is 0 Å². The molecule has 8 heteroatoms. The number of imidazole rings is 1. The van der Waals surface area contributed by atoms with Crippen molar-refractivity contribution in [1.29, 1.82) is 0 Å².